The molecule has 0 aromatic heterocycles. The number of amidine groups is 1. The predicted octanol–water partition coefficient (Wildman–Crippen LogP) is 2.68. The molecule has 1 heterocycles. The Morgan fingerprint density at radius 3 is 2.90 bits per heavy atom. The van der Waals surface area contributed by atoms with Crippen molar-refractivity contribution in [1.82, 2.24) is 0 Å². The van der Waals surface area contributed by atoms with E-state index in [4.69, 9.17) is 5.11 Å². The first-order valence-electron chi connectivity index (χ1n) is 6.55. The average Bonchev–Trinajstić information content (AvgIpc) is 2.78. The number of thioether (sulfide) groups is 1. The summed E-state index contributed by atoms with van der Waals surface area (Å²) in [7, 11) is 0. The summed E-state index contributed by atoms with van der Waals surface area (Å²) in [6.07, 6.45) is 2.95. The lowest BCUT2D eigenvalue weighted by molar-refractivity contribution is -0.115. The van der Waals surface area contributed by atoms with Gasteiger partial charge in [0, 0.05) is 0 Å². The number of hydrogen-bond donors (Lipinski definition) is 1. The zero-order valence-corrected chi connectivity index (χ0v) is 11.7. The van der Waals surface area contributed by atoms with Gasteiger partial charge in [0.05, 0.1) is 11.4 Å². The molecule has 5 nitrogen and oxygen atoms in total. The molecular formula is C14H14N2O3S. The molecule has 3 rings (SSSR count). The zero-order chi connectivity index (χ0) is 14.1. The molecule has 1 aliphatic carbocycles. The fourth-order valence-electron chi connectivity index (χ4n) is 2.73. The van der Waals surface area contributed by atoms with Crippen LogP contribution in [0.2, 0.25) is 0 Å². The maximum absolute atomic E-state index is 12.1. The Balaban J connectivity index is 2.07. The second-order valence-corrected chi connectivity index (χ2v) is 5.76. The topological polar surface area (TPSA) is 70.0 Å². The van der Waals surface area contributed by atoms with Crippen molar-refractivity contribution < 1.29 is 14.7 Å². The number of carboxylic acid groups (broad SMARTS) is 1. The minimum absolute atomic E-state index is 0.103. The number of amides is 2. The first-order chi connectivity index (χ1) is 9.66. The number of rotatable bonds is 1. The van der Waals surface area contributed by atoms with Crippen LogP contribution in [0.4, 0.5) is 10.5 Å². The van der Waals surface area contributed by atoms with Gasteiger partial charge in [0.2, 0.25) is 5.91 Å². The molecule has 6 heteroatoms. The number of anilines is 1. The lowest BCUT2D eigenvalue weighted by Crippen LogP contribution is -2.31. The highest BCUT2D eigenvalue weighted by molar-refractivity contribution is 8.15. The lowest BCUT2D eigenvalue weighted by Gasteiger charge is -2.24. The zero-order valence-electron chi connectivity index (χ0n) is 10.8. The van der Waals surface area contributed by atoms with Crippen LogP contribution in [0.1, 0.15) is 24.0 Å². The second-order valence-electron chi connectivity index (χ2n) is 4.82. The molecule has 20 heavy (non-hydrogen) atoms. The average molecular weight is 290 g/mol. The summed E-state index contributed by atoms with van der Waals surface area (Å²) in [5.41, 5.74) is 3.22. The summed E-state index contributed by atoms with van der Waals surface area (Å²) < 4.78 is 0. The van der Waals surface area contributed by atoms with E-state index in [2.05, 4.69) is 11.1 Å². The van der Waals surface area contributed by atoms with Gasteiger partial charge in [-0.25, -0.2) is 4.79 Å². The number of aryl methyl sites for hydroxylation is 1. The van der Waals surface area contributed by atoms with Crippen LogP contribution in [0.25, 0.3) is 0 Å². The van der Waals surface area contributed by atoms with Gasteiger partial charge in [-0.1, -0.05) is 23.9 Å². The molecule has 2 amide bonds. The summed E-state index contributed by atoms with van der Waals surface area (Å²) in [6.45, 7) is 0. The van der Waals surface area contributed by atoms with Gasteiger partial charge in [-0.15, -0.1) is 0 Å². The molecule has 1 aromatic carbocycles. The van der Waals surface area contributed by atoms with E-state index in [0.29, 0.717) is 0 Å². The van der Waals surface area contributed by atoms with Crippen molar-refractivity contribution in [1.29, 1.82) is 0 Å². The summed E-state index contributed by atoms with van der Waals surface area (Å²) in [5.74, 6) is 0.143. The molecule has 1 saturated heterocycles. The standard InChI is InChI=1S/C14H14N2O3S/c17-12-8-20-13(15-14(18)19)16(12)11-7-3-5-9-4-1-2-6-10(9)11/h3,5,7H,1-2,4,6,8H2,(H,18,19)/b15-13-. The van der Waals surface area contributed by atoms with Crippen LogP contribution in [0.5, 0.6) is 0 Å². The van der Waals surface area contributed by atoms with Crippen molar-refractivity contribution in [3.63, 3.8) is 0 Å². The number of fused-ring (bicyclic) bond motifs is 1. The van der Waals surface area contributed by atoms with E-state index in [1.54, 1.807) is 0 Å². The molecule has 1 aromatic rings. The van der Waals surface area contributed by atoms with Gasteiger partial charge in [-0.3, -0.25) is 9.69 Å². The fourth-order valence-corrected chi connectivity index (χ4v) is 3.59. The van der Waals surface area contributed by atoms with E-state index in [1.807, 2.05) is 12.1 Å². The number of carbonyl (C=O) groups is 2. The van der Waals surface area contributed by atoms with Crippen molar-refractivity contribution in [3.05, 3.63) is 29.3 Å². The van der Waals surface area contributed by atoms with Crippen LogP contribution in [-0.2, 0) is 17.6 Å². The van der Waals surface area contributed by atoms with E-state index in [-0.39, 0.29) is 16.8 Å². The number of aliphatic imine (C=N–C) groups is 1. The molecule has 0 spiro atoms. The van der Waals surface area contributed by atoms with Gasteiger partial charge in [-0.2, -0.15) is 4.99 Å². The largest absolute Gasteiger partial charge is 0.463 e. The Kier molecular flexibility index (Phi) is 3.48. The van der Waals surface area contributed by atoms with E-state index in [1.165, 1.54) is 22.2 Å². The minimum Gasteiger partial charge on any atom is -0.463 e. The van der Waals surface area contributed by atoms with E-state index >= 15 is 0 Å². The van der Waals surface area contributed by atoms with Gasteiger partial charge >= 0.3 is 6.09 Å². The van der Waals surface area contributed by atoms with Gasteiger partial charge in [0.15, 0.2) is 5.17 Å². The highest BCUT2D eigenvalue weighted by atomic mass is 32.2. The molecular weight excluding hydrogens is 276 g/mol. The lowest BCUT2D eigenvalue weighted by atomic mass is 9.90. The van der Waals surface area contributed by atoms with E-state index in [9.17, 15) is 9.59 Å². The Hall–Kier alpha value is -1.82. The molecule has 104 valence electrons. The highest BCUT2D eigenvalue weighted by Gasteiger charge is 2.32. The van der Waals surface area contributed by atoms with E-state index in [0.717, 1.165) is 36.9 Å². The SMILES string of the molecule is O=C(O)/N=C1\SCC(=O)N1c1cccc2c1CCCC2. The molecule has 2 aliphatic rings. The maximum atomic E-state index is 12.1. The molecule has 0 radical (unpaired) electrons. The van der Waals surface area contributed by atoms with Crippen LogP contribution in [0.3, 0.4) is 0 Å². The van der Waals surface area contributed by atoms with Crippen LogP contribution in [0, 0.1) is 0 Å². The fraction of sp³-hybridized carbons (Fsp3) is 0.357. The van der Waals surface area contributed by atoms with Crippen LogP contribution in [-0.4, -0.2) is 28.0 Å². The Morgan fingerprint density at radius 1 is 1.30 bits per heavy atom. The first-order valence-corrected chi connectivity index (χ1v) is 7.53. The molecule has 1 fully saturated rings. The summed E-state index contributed by atoms with van der Waals surface area (Å²) >= 11 is 1.18. The molecule has 0 atom stereocenters. The maximum Gasteiger partial charge on any atom is 0.433 e. The van der Waals surface area contributed by atoms with Gasteiger partial charge in [-0.05, 0) is 42.9 Å². The third-order valence-electron chi connectivity index (χ3n) is 3.57. The molecule has 0 saturated carbocycles. The monoisotopic (exact) mass is 290 g/mol. The van der Waals surface area contributed by atoms with Gasteiger partial charge in [0.25, 0.3) is 0 Å². The molecule has 0 unspecified atom stereocenters. The number of hydrogen-bond acceptors (Lipinski definition) is 3. The third-order valence-corrected chi connectivity index (χ3v) is 4.49. The Labute approximate surface area is 120 Å². The quantitative estimate of drug-likeness (QED) is 0.863. The minimum atomic E-state index is -1.27. The van der Waals surface area contributed by atoms with Crippen LogP contribution in [0.15, 0.2) is 23.2 Å². The Morgan fingerprint density at radius 2 is 2.10 bits per heavy atom. The summed E-state index contributed by atoms with van der Waals surface area (Å²) in [6, 6.07) is 5.89. The van der Waals surface area contributed by atoms with Crippen molar-refractivity contribution in [2.45, 2.75) is 25.7 Å². The van der Waals surface area contributed by atoms with Crippen molar-refractivity contribution in [2.75, 3.05) is 10.7 Å². The normalized spacial score (nSPS) is 20.3. The molecule has 1 aliphatic heterocycles. The second kappa shape index (κ2) is 5.28. The smallest absolute Gasteiger partial charge is 0.433 e. The number of benzene rings is 1. The van der Waals surface area contributed by atoms with Gasteiger partial charge < -0.3 is 5.11 Å². The van der Waals surface area contributed by atoms with Crippen molar-refractivity contribution >= 4 is 34.6 Å². The third kappa shape index (κ3) is 2.31. The van der Waals surface area contributed by atoms with Crippen molar-refractivity contribution in [2.24, 2.45) is 4.99 Å². The van der Waals surface area contributed by atoms with E-state index < -0.39 is 6.09 Å². The first kappa shape index (κ1) is 13.2. The number of carbonyl (C=O) groups excluding carboxylic acids is 1. The van der Waals surface area contributed by atoms with Crippen molar-refractivity contribution in [3.8, 4) is 0 Å². The predicted molar refractivity (Wildman–Crippen MR) is 78.5 cm³/mol. The van der Waals surface area contributed by atoms with Crippen LogP contribution < -0.4 is 4.90 Å². The van der Waals surface area contributed by atoms with Gasteiger partial charge in [0.1, 0.15) is 0 Å². The number of nitrogens with zero attached hydrogens (tertiary/aromatic N) is 2. The summed E-state index contributed by atoms with van der Waals surface area (Å²) in [4.78, 5) is 27.9. The van der Waals surface area contributed by atoms with Crippen LogP contribution >= 0.6 is 11.8 Å². The molecule has 1 N–H and O–H groups in total. The molecule has 0 bridgehead atoms. The Bertz CT molecular complexity index is 612. The summed E-state index contributed by atoms with van der Waals surface area (Å²) in [5, 5.41) is 9.09. The highest BCUT2D eigenvalue weighted by Crippen LogP contribution is 2.34.